The van der Waals surface area contributed by atoms with Gasteiger partial charge in [0, 0.05) is 11.6 Å². The zero-order valence-corrected chi connectivity index (χ0v) is 9.52. The number of methoxy groups -OCH3 is 1. The summed E-state index contributed by atoms with van der Waals surface area (Å²) in [6.45, 7) is 9.29. The molecule has 16 heavy (non-hydrogen) atoms. The molecule has 5 heteroatoms. The van der Waals surface area contributed by atoms with E-state index in [1.165, 1.54) is 7.11 Å². The van der Waals surface area contributed by atoms with Gasteiger partial charge in [-0.2, -0.15) is 0 Å². The van der Waals surface area contributed by atoms with Crippen molar-refractivity contribution in [2.24, 2.45) is 0 Å². The summed E-state index contributed by atoms with van der Waals surface area (Å²) in [4.78, 5) is 20.5. The molecule has 1 saturated heterocycles. The van der Waals surface area contributed by atoms with E-state index in [0.717, 1.165) is 6.08 Å². The van der Waals surface area contributed by atoms with Gasteiger partial charge in [-0.1, -0.05) is 13.2 Å². The second-order valence-electron chi connectivity index (χ2n) is 3.06. The van der Waals surface area contributed by atoms with Crippen LogP contribution in [0.25, 0.3) is 0 Å². The molecule has 1 rings (SSSR count). The van der Waals surface area contributed by atoms with Gasteiger partial charge in [0.05, 0.1) is 13.7 Å². The van der Waals surface area contributed by atoms with Gasteiger partial charge in [0.2, 0.25) is 0 Å². The standard InChI is InChI=1S/C7H10O3.C4H6O2/c1-5(2)7(8)10-4-6-3-9-6;1-3-4(5)6-2/h6H,1,3-4H2,2H3;3H,1H2,2H3. The van der Waals surface area contributed by atoms with Crippen molar-refractivity contribution in [1.29, 1.82) is 0 Å². The SMILES string of the molecule is C=C(C)C(=O)OCC1CO1.C=CC(=O)OC. The topological polar surface area (TPSA) is 65.1 Å². The van der Waals surface area contributed by atoms with Gasteiger partial charge < -0.3 is 14.2 Å². The van der Waals surface area contributed by atoms with E-state index in [9.17, 15) is 9.59 Å². The van der Waals surface area contributed by atoms with Crippen LogP contribution in [0.5, 0.6) is 0 Å². The number of esters is 2. The summed E-state index contributed by atoms with van der Waals surface area (Å²) in [5.74, 6) is -0.731. The highest BCUT2D eigenvalue weighted by Gasteiger charge is 2.24. The Labute approximate surface area is 94.7 Å². The van der Waals surface area contributed by atoms with Crippen molar-refractivity contribution in [1.82, 2.24) is 0 Å². The lowest BCUT2D eigenvalue weighted by molar-refractivity contribution is -0.139. The number of carbonyl (C=O) groups is 2. The molecule has 0 spiro atoms. The Bertz CT molecular complexity index is 278. The summed E-state index contributed by atoms with van der Waals surface area (Å²) in [7, 11) is 1.31. The van der Waals surface area contributed by atoms with E-state index in [0.29, 0.717) is 18.8 Å². The lowest BCUT2D eigenvalue weighted by Gasteiger charge is -1.99. The summed E-state index contributed by atoms with van der Waals surface area (Å²) in [5.41, 5.74) is 0.431. The number of ether oxygens (including phenoxy) is 3. The minimum atomic E-state index is -0.394. The quantitative estimate of drug-likeness (QED) is 0.405. The van der Waals surface area contributed by atoms with Crippen molar-refractivity contribution in [2.75, 3.05) is 20.3 Å². The molecule has 1 fully saturated rings. The average Bonchev–Trinajstić information content (AvgIpc) is 3.09. The molecule has 1 aliphatic rings. The molecule has 0 amide bonds. The number of rotatable bonds is 4. The molecular weight excluding hydrogens is 212 g/mol. The van der Waals surface area contributed by atoms with E-state index in [2.05, 4.69) is 17.9 Å². The van der Waals surface area contributed by atoms with Crippen molar-refractivity contribution in [2.45, 2.75) is 13.0 Å². The first-order valence-corrected chi connectivity index (χ1v) is 4.65. The van der Waals surface area contributed by atoms with Gasteiger partial charge in [-0.05, 0) is 6.92 Å². The Morgan fingerprint density at radius 3 is 2.38 bits per heavy atom. The number of carbonyl (C=O) groups excluding carboxylic acids is 2. The van der Waals surface area contributed by atoms with Gasteiger partial charge in [-0.25, -0.2) is 9.59 Å². The molecule has 0 aromatic rings. The van der Waals surface area contributed by atoms with E-state index < -0.39 is 5.97 Å². The van der Waals surface area contributed by atoms with Crippen LogP contribution in [-0.2, 0) is 23.8 Å². The van der Waals surface area contributed by atoms with Crippen LogP contribution in [0.1, 0.15) is 6.92 Å². The molecule has 0 saturated carbocycles. The first kappa shape index (κ1) is 14.4. The molecule has 0 bridgehead atoms. The monoisotopic (exact) mass is 228 g/mol. The van der Waals surface area contributed by atoms with Gasteiger partial charge in [-0.15, -0.1) is 0 Å². The van der Waals surface area contributed by atoms with Crippen molar-refractivity contribution in [3.05, 3.63) is 24.8 Å². The van der Waals surface area contributed by atoms with Gasteiger partial charge in [-0.3, -0.25) is 0 Å². The zero-order chi connectivity index (χ0) is 12.6. The summed E-state index contributed by atoms with van der Waals surface area (Å²) in [6, 6.07) is 0. The van der Waals surface area contributed by atoms with E-state index in [4.69, 9.17) is 9.47 Å². The minimum absolute atomic E-state index is 0.142. The van der Waals surface area contributed by atoms with Gasteiger partial charge in [0.1, 0.15) is 12.7 Å². The fraction of sp³-hybridized carbons (Fsp3) is 0.455. The summed E-state index contributed by atoms with van der Waals surface area (Å²) >= 11 is 0. The minimum Gasteiger partial charge on any atom is -0.466 e. The molecule has 0 aliphatic carbocycles. The molecule has 1 aliphatic heterocycles. The zero-order valence-electron chi connectivity index (χ0n) is 9.52. The Morgan fingerprint density at radius 2 is 2.12 bits per heavy atom. The smallest absolute Gasteiger partial charge is 0.333 e. The lowest BCUT2D eigenvalue weighted by Crippen LogP contribution is -2.09. The maximum absolute atomic E-state index is 10.7. The van der Waals surface area contributed by atoms with Crippen LogP contribution in [0.4, 0.5) is 0 Å². The maximum atomic E-state index is 10.7. The number of hydrogen-bond acceptors (Lipinski definition) is 5. The Kier molecular flexibility index (Phi) is 6.87. The molecule has 1 unspecified atom stereocenters. The van der Waals surface area contributed by atoms with Crippen LogP contribution in [0.15, 0.2) is 24.8 Å². The van der Waals surface area contributed by atoms with Crippen LogP contribution in [-0.4, -0.2) is 38.4 Å². The molecule has 0 radical (unpaired) electrons. The van der Waals surface area contributed by atoms with E-state index in [1.54, 1.807) is 6.92 Å². The normalized spacial score (nSPS) is 16.2. The summed E-state index contributed by atoms with van der Waals surface area (Å²) in [5, 5.41) is 0. The van der Waals surface area contributed by atoms with Gasteiger partial charge in [0.15, 0.2) is 0 Å². The highest BCUT2D eigenvalue weighted by molar-refractivity contribution is 5.86. The Balaban J connectivity index is 0.000000325. The van der Waals surface area contributed by atoms with Crippen LogP contribution in [0.2, 0.25) is 0 Å². The molecule has 5 nitrogen and oxygen atoms in total. The summed E-state index contributed by atoms with van der Waals surface area (Å²) < 4.78 is 13.7. The Hall–Kier alpha value is -1.62. The van der Waals surface area contributed by atoms with E-state index >= 15 is 0 Å². The first-order chi connectivity index (χ1) is 7.51. The molecule has 1 atom stereocenters. The molecule has 0 aromatic carbocycles. The molecule has 90 valence electrons. The predicted octanol–water partition coefficient (Wildman–Crippen LogP) is 0.850. The second kappa shape index (κ2) is 7.64. The first-order valence-electron chi connectivity index (χ1n) is 4.65. The molecule has 0 aromatic heterocycles. The third kappa shape index (κ3) is 7.75. The van der Waals surface area contributed by atoms with Gasteiger partial charge >= 0.3 is 11.9 Å². The average molecular weight is 228 g/mol. The van der Waals surface area contributed by atoms with Crippen molar-refractivity contribution >= 4 is 11.9 Å². The van der Waals surface area contributed by atoms with Gasteiger partial charge in [0.25, 0.3) is 0 Å². The van der Waals surface area contributed by atoms with Crippen molar-refractivity contribution in [3.63, 3.8) is 0 Å². The third-order valence-corrected chi connectivity index (χ3v) is 1.52. The van der Waals surface area contributed by atoms with Crippen LogP contribution >= 0.6 is 0 Å². The van der Waals surface area contributed by atoms with Crippen molar-refractivity contribution in [3.8, 4) is 0 Å². The van der Waals surface area contributed by atoms with Crippen LogP contribution in [0.3, 0.4) is 0 Å². The largest absolute Gasteiger partial charge is 0.466 e. The van der Waals surface area contributed by atoms with Crippen LogP contribution < -0.4 is 0 Å². The molecule has 1 heterocycles. The highest BCUT2D eigenvalue weighted by atomic mass is 16.6. The van der Waals surface area contributed by atoms with E-state index in [1.807, 2.05) is 0 Å². The lowest BCUT2D eigenvalue weighted by atomic mass is 10.4. The molecular formula is C11H16O5. The second-order valence-corrected chi connectivity index (χ2v) is 3.06. The number of hydrogen-bond donors (Lipinski definition) is 0. The third-order valence-electron chi connectivity index (χ3n) is 1.52. The van der Waals surface area contributed by atoms with E-state index in [-0.39, 0.29) is 12.1 Å². The predicted molar refractivity (Wildman–Crippen MR) is 57.7 cm³/mol. The summed E-state index contributed by atoms with van der Waals surface area (Å²) in [6.07, 6.45) is 1.25. The number of epoxide rings is 1. The fourth-order valence-corrected chi connectivity index (χ4v) is 0.539. The Morgan fingerprint density at radius 1 is 1.56 bits per heavy atom. The van der Waals surface area contributed by atoms with Crippen LogP contribution in [0, 0.1) is 0 Å². The fourth-order valence-electron chi connectivity index (χ4n) is 0.539. The molecule has 0 N–H and O–H groups in total. The highest BCUT2D eigenvalue weighted by Crippen LogP contribution is 2.09. The maximum Gasteiger partial charge on any atom is 0.333 e. The van der Waals surface area contributed by atoms with Crippen molar-refractivity contribution < 1.29 is 23.8 Å².